The van der Waals surface area contributed by atoms with Crippen molar-refractivity contribution in [3.63, 3.8) is 0 Å². The number of nitrogens with zero attached hydrogens (tertiary/aromatic N) is 2. The minimum Gasteiger partial charge on any atom is -0.330 e. The number of anilines is 2. The molecule has 0 aliphatic heterocycles. The van der Waals surface area contributed by atoms with Crippen LogP contribution in [0.1, 0.15) is 33.3 Å². The summed E-state index contributed by atoms with van der Waals surface area (Å²) < 4.78 is 0. The second-order valence-electron chi connectivity index (χ2n) is 5.11. The normalized spacial score (nSPS) is 10.1. The van der Waals surface area contributed by atoms with E-state index in [0.717, 1.165) is 15.4 Å². The van der Waals surface area contributed by atoms with Gasteiger partial charge >= 0.3 is 0 Å². The fraction of sp³-hybridized carbons (Fsp3) is 0.375. The van der Waals surface area contributed by atoms with Gasteiger partial charge in [0.2, 0.25) is 23.6 Å². The monoisotopic (exact) mass is 319 g/mol. The quantitative estimate of drug-likeness (QED) is 0.891. The zero-order valence-electron chi connectivity index (χ0n) is 13.8. The highest BCUT2D eigenvalue weighted by molar-refractivity contribution is 6.20. The molecule has 0 radical (unpaired) electrons. The molecule has 0 aliphatic rings. The van der Waals surface area contributed by atoms with Gasteiger partial charge in [0, 0.05) is 27.7 Å². The molecule has 23 heavy (non-hydrogen) atoms. The molecule has 0 bridgehead atoms. The van der Waals surface area contributed by atoms with E-state index in [1.807, 2.05) is 0 Å². The van der Waals surface area contributed by atoms with Crippen LogP contribution in [0, 0.1) is 0 Å². The number of rotatable bonds is 4. The molecule has 0 atom stereocenters. The first-order valence-electron chi connectivity index (χ1n) is 7.16. The molecule has 0 aliphatic carbocycles. The van der Waals surface area contributed by atoms with Crippen molar-refractivity contribution >= 4 is 35.0 Å². The lowest BCUT2D eigenvalue weighted by Gasteiger charge is -2.26. The molecule has 1 aromatic rings. The number of benzene rings is 1. The van der Waals surface area contributed by atoms with E-state index in [1.54, 1.807) is 18.2 Å². The third-order valence-electron chi connectivity index (χ3n) is 3.21. The Hall–Kier alpha value is -2.54. The number of imide groups is 2. The van der Waals surface area contributed by atoms with Gasteiger partial charge < -0.3 is 5.73 Å². The van der Waals surface area contributed by atoms with Gasteiger partial charge in [-0.2, -0.15) is 0 Å². The third-order valence-corrected chi connectivity index (χ3v) is 3.21. The molecule has 0 spiro atoms. The van der Waals surface area contributed by atoms with Crippen LogP contribution in [0.5, 0.6) is 0 Å². The Morgan fingerprint density at radius 1 is 0.826 bits per heavy atom. The van der Waals surface area contributed by atoms with E-state index in [1.165, 1.54) is 27.7 Å². The molecule has 0 unspecified atom stereocenters. The van der Waals surface area contributed by atoms with E-state index >= 15 is 0 Å². The van der Waals surface area contributed by atoms with Crippen molar-refractivity contribution in [2.45, 2.75) is 34.1 Å². The molecule has 124 valence electrons. The van der Waals surface area contributed by atoms with Gasteiger partial charge in [-0.15, -0.1) is 0 Å². The molecule has 2 N–H and O–H groups in total. The van der Waals surface area contributed by atoms with E-state index in [2.05, 4.69) is 0 Å². The second kappa shape index (κ2) is 7.64. The lowest BCUT2D eigenvalue weighted by Crippen LogP contribution is -2.38. The summed E-state index contributed by atoms with van der Waals surface area (Å²) in [5.74, 6) is -2.01. The number of carbonyl (C=O) groups is 4. The molecule has 4 amide bonds. The Kier molecular flexibility index (Phi) is 6.15. The van der Waals surface area contributed by atoms with Crippen LogP contribution in [0.15, 0.2) is 18.2 Å². The summed E-state index contributed by atoms with van der Waals surface area (Å²) in [5.41, 5.74) is 6.72. The van der Waals surface area contributed by atoms with Crippen LogP contribution in [0.3, 0.4) is 0 Å². The van der Waals surface area contributed by atoms with Crippen molar-refractivity contribution in [2.75, 3.05) is 16.3 Å². The summed E-state index contributed by atoms with van der Waals surface area (Å²) in [6, 6.07) is 4.86. The maximum Gasteiger partial charge on any atom is 0.230 e. The average molecular weight is 319 g/mol. The number of amides is 4. The van der Waals surface area contributed by atoms with E-state index < -0.39 is 23.6 Å². The number of carbonyl (C=O) groups excluding carboxylic acids is 4. The maximum absolute atomic E-state index is 11.9. The predicted molar refractivity (Wildman–Crippen MR) is 86.9 cm³/mol. The minimum absolute atomic E-state index is 0.191. The molecular formula is C16H21N3O4. The van der Waals surface area contributed by atoms with Gasteiger partial charge in [0.1, 0.15) is 0 Å². The zero-order valence-corrected chi connectivity index (χ0v) is 13.8. The Bertz CT molecular complexity index is 627. The summed E-state index contributed by atoms with van der Waals surface area (Å²) in [5, 5.41) is 0. The van der Waals surface area contributed by atoms with Crippen LogP contribution in [0.25, 0.3) is 0 Å². The van der Waals surface area contributed by atoms with Gasteiger partial charge in [0.05, 0.1) is 11.4 Å². The molecule has 1 rings (SSSR count). The van der Waals surface area contributed by atoms with Crippen molar-refractivity contribution in [2.24, 2.45) is 5.73 Å². The van der Waals surface area contributed by atoms with Crippen LogP contribution in [-0.2, 0) is 25.6 Å². The van der Waals surface area contributed by atoms with Crippen LogP contribution < -0.4 is 15.5 Å². The van der Waals surface area contributed by atoms with Crippen molar-refractivity contribution in [1.29, 1.82) is 0 Å². The third kappa shape index (κ3) is 4.23. The highest BCUT2D eigenvalue weighted by Crippen LogP contribution is 2.32. The molecule has 0 aromatic heterocycles. The SMILES string of the molecule is CC(=O)N(C(C)=O)c1ccc(CCN)cc1N(C(C)=O)C(C)=O. The summed E-state index contributed by atoms with van der Waals surface area (Å²) in [6.07, 6.45) is 0.539. The predicted octanol–water partition coefficient (Wildman–Crippen LogP) is 0.987. The highest BCUT2D eigenvalue weighted by Gasteiger charge is 2.26. The molecule has 1 aromatic carbocycles. The first-order valence-corrected chi connectivity index (χ1v) is 7.16. The second-order valence-corrected chi connectivity index (χ2v) is 5.11. The standard InChI is InChI=1S/C16H21N3O4/c1-10(20)18(11(2)21)15-6-5-14(7-8-17)9-16(15)19(12(3)22)13(4)23/h5-6,9H,7-8,17H2,1-4H3. The Morgan fingerprint density at radius 3 is 1.65 bits per heavy atom. The number of hydrogen-bond acceptors (Lipinski definition) is 5. The largest absolute Gasteiger partial charge is 0.330 e. The smallest absolute Gasteiger partial charge is 0.230 e. The Morgan fingerprint density at radius 2 is 1.26 bits per heavy atom. The lowest BCUT2D eigenvalue weighted by molar-refractivity contribution is -0.126. The van der Waals surface area contributed by atoms with Crippen molar-refractivity contribution < 1.29 is 19.2 Å². The van der Waals surface area contributed by atoms with Gasteiger partial charge in [-0.3, -0.25) is 19.2 Å². The summed E-state index contributed by atoms with van der Waals surface area (Å²) >= 11 is 0. The molecule has 0 saturated carbocycles. The molecule has 0 heterocycles. The van der Waals surface area contributed by atoms with Gasteiger partial charge in [-0.25, -0.2) is 9.80 Å². The molecule has 0 fully saturated rings. The molecular weight excluding hydrogens is 298 g/mol. The first kappa shape index (κ1) is 18.5. The summed E-state index contributed by atoms with van der Waals surface area (Å²) in [4.78, 5) is 49.2. The molecule has 0 saturated heterocycles. The van der Waals surface area contributed by atoms with Crippen molar-refractivity contribution in [3.05, 3.63) is 23.8 Å². The van der Waals surface area contributed by atoms with Gasteiger partial charge in [0.25, 0.3) is 0 Å². The fourth-order valence-electron chi connectivity index (χ4n) is 2.38. The number of hydrogen-bond donors (Lipinski definition) is 1. The molecule has 7 heteroatoms. The zero-order chi connectivity index (χ0) is 17.7. The maximum atomic E-state index is 11.9. The van der Waals surface area contributed by atoms with Crippen LogP contribution in [0.4, 0.5) is 11.4 Å². The topological polar surface area (TPSA) is 101 Å². The van der Waals surface area contributed by atoms with E-state index in [9.17, 15) is 19.2 Å². The first-order chi connectivity index (χ1) is 10.7. The summed E-state index contributed by atoms with van der Waals surface area (Å²) in [7, 11) is 0. The van der Waals surface area contributed by atoms with Crippen molar-refractivity contribution in [1.82, 2.24) is 0 Å². The van der Waals surface area contributed by atoms with E-state index in [0.29, 0.717) is 13.0 Å². The fourth-order valence-corrected chi connectivity index (χ4v) is 2.38. The van der Waals surface area contributed by atoms with Gasteiger partial charge in [0.15, 0.2) is 0 Å². The highest BCUT2D eigenvalue weighted by atomic mass is 16.2. The number of nitrogens with two attached hydrogens (primary N) is 1. The summed E-state index contributed by atoms with van der Waals surface area (Å²) in [6.45, 7) is 5.36. The average Bonchev–Trinajstić information content (AvgIpc) is 2.40. The lowest BCUT2D eigenvalue weighted by atomic mass is 10.1. The molecule has 7 nitrogen and oxygen atoms in total. The van der Waals surface area contributed by atoms with Gasteiger partial charge in [-0.05, 0) is 30.7 Å². The van der Waals surface area contributed by atoms with Gasteiger partial charge in [-0.1, -0.05) is 6.07 Å². The van der Waals surface area contributed by atoms with Crippen LogP contribution in [-0.4, -0.2) is 30.2 Å². The van der Waals surface area contributed by atoms with E-state index in [4.69, 9.17) is 5.73 Å². The van der Waals surface area contributed by atoms with Crippen LogP contribution >= 0.6 is 0 Å². The van der Waals surface area contributed by atoms with E-state index in [-0.39, 0.29) is 11.4 Å². The van der Waals surface area contributed by atoms with Crippen LogP contribution in [0.2, 0.25) is 0 Å². The minimum atomic E-state index is -0.504. The van der Waals surface area contributed by atoms with Crippen molar-refractivity contribution in [3.8, 4) is 0 Å². The Balaban J connectivity index is 3.62. The Labute approximate surface area is 135 Å².